The predicted molar refractivity (Wildman–Crippen MR) is 105 cm³/mol. The van der Waals surface area contributed by atoms with E-state index in [1.165, 1.54) is 12.1 Å². The molecule has 2 rings (SSSR count). The minimum absolute atomic E-state index is 0.101. The number of non-ortho nitro benzene ring substituents is 1. The molecule has 140 valence electrons. The average Bonchev–Trinajstić information content (AvgIpc) is 2.54. The van der Waals surface area contributed by atoms with Crippen molar-refractivity contribution in [2.75, 3.05) is 0 Å². The predicted octanol–water partition coefficient (Wildman–Crippen LogP) is 4.90. The Morgan fingerprint density at radius 1 is 1.15 bits per heavy atom. The van der Waals surface area contributed by atoms with Gasteiger partial charge in [0.1, 0.15) is 8.07 Å². The zero-order valence-electron chi connectivity index (χ0n) is 16.3. The van der Waals surface area contributed by atoms with Gasteiger partial charge >= 0.3 is 5.97 Å². The number of cyclic esters (lactones) is 1. The fourth-order valence-corrected chi connectivity index (χ4v) is 9.48. The van der Waals surface area contributed by atoms with E-state index in [9.17, 15) is 14.9 Å². The summed E-state index contributed by atoms with van der Waals surface area (Å²) in [6, 6.07) is 4.36. The first kappa shape index (κ1) is 20.2. The number of benzene rings is 1. The van der Waals surface area contributed by atoms with Crippen molar-refractivity contribution in [3.05, 3.63) is 39.4 Å². The molecule has 0 saturated heterocycles. The van der Waals surface area contributed by atoms with Crippen LogP contribution in [0.1, 0.15) is 57.5 Å². The maximum absolute atomic E-state index is 12.3. The molecule has 1 aromatic rings. The third-order valence-corrected chi connectivity index (χ3v) is 11.8. The van der Waals surface area contributed by atoms with Crippen LogP contribution in [-0.4, -0.2) is 25.1 Å². The number of rotatable bonds is 4. The fourth-order valence-electron chi connectivity index (χ4n) is 4.20. The second-order valence-electron chi connectivity index (χ2n) is 7.86. The molecule has 1 atom stereocenters. The molecule has 1 aliphatic heterocycles. The van der Waals surface area contributed by atoms with Crippen molar-refractivity contribution in [3.8, 4) is 11.5 Å². The molecule has 0 fully saturated rings. The second kappa shape index (κ2) is 7.63. The quantitative estimate of drug-likeness (QED) is 0.247. The van der Waals surface area contributed by atoms with E-state index < -0.39 is 25.1 Å². The monoisotopic (exact) mass is 373 g/mol. The van der Waals surface area contributed by atoms with E-state index in [0.29, 0.717) is 23.0 Å². The topological polar surface area (TPSA) is 69.4 Å². The third-order valence-electron chi connectivity index (χ3n) is 5.49. The maximum Gasteiger partial charge on any atom is 0.339 e. The summed E-state index contributed by atoms with van der Waals surface area (Å²) in [6.45, 7) is 13.4. The summed E-state index contributed by atoms with van der Waals surface area (Å²) in [5.41, 5.74) is 6.03. The van der Waals surface area contributed by atoms with Gasteiger partial charge in [-0.25, -0.2) is 4.79 Å². The highest BCUT2D eigenvalue weighted by atomic mass is 28.3. The van der Waals surface area contributed by atoms with Crippen molar-refractivity contribution >= 4 is 19.7 Å². The molecular weight excluding hydrogens is 346 g/mol. The SMILES string of the molecule is CC(C)[Si](C#CC1Cc2ccc([N+](=O)[O-])cc2C(=O)O1)(C(C)C)C(C)C. The number of ether oxygens (including phenoxy) is 1. The van der Waals surface area contributed by atoms with E-state index >= 15 is 0 Å². The molecule has 0 spiro atoms. The van der Waals surface area contributed by atoms with Crippen molar-refractivity contribution in [1.29, 1.82) is 0 Å². The van der Waals surface area contributed by atoms with Crippen LogP contribution in [0.2, 0.25) is 16.6 Å². The van der Waals surface area contributed by atoms with Crippen LogP contribution in [0.25, 0.3) is 0 Å². The number of hydrogen-bond donors (Lipinski definition) is 0. The van der Waals surface area contributed by atoms with Gasteiger partial charge in [0.15, 0.2) is 6.10 Å². The Labute approximate surface area is 156 Å². The molecule has 1 aliphatic rings. The molecular formula is C20H27NO4Si. The zero-order chi connectivity index (χ0) is 19.6. The first-order valence-corrected chi connectivity index (χ1v) is 11.3. The van der Waals surface area contributed by atoms with Gasteiger partial charge in [0.05, 0.1) is 10.5 Å². The van der Waals surface area contributed by atoms with E-state index in [0.717, 1.165) is 5.56 Å². The number of carbonyl (C=O) groups excluding carboxylic acids is 1. The van der Waals surface area contributed by atoms with Crippen LogP contribution in [0.5, 0.6) is 0 Å². The summed E-state index contributed by atoms with van der Waals surface area (Å²) >= 11 is 0. The van der Waals surface area contributed by atoms with Crippen molar-refractivity contribution in [3.63, 3.8) is 0 Å². The Hall–Kier alpha value is -2.13. The smallest absolute Gasteiger partial charge is 0.339 e. The first-order chi connectivity index (χ1) is 12.1. The van der Waals surface area contributed by atoms with Crippen molar-refractivity contribution in [2.24, 2.45) is 0 Å². The summed E-state index contributed by atoms with van der Waals surface area (Å²) in [6.07, 6.45) is -0.00948. The largest absolute Gasteiger partial charge is 0.445 e. The Morgan fingerprint density at radius 3 is 2.23 bits per heavy atom. The summed E-state index contributed by atoms with van der Waals surface area (Å²) in [5.74, 6) is 2.72. The van der Waals surface area contributed by atoms with Gasteiger partial charge in [0.25, 0.3) is 5.69 Å². The van der Waals surface area contributed by atoms with Gasteiger partial charge in [-0.05, 0) is 22.2 Å². The maximum atomic E-state index is 12.3. The molecule has 0 aliphatic carbocycles. The first-order valence-electron chi connectivity index (χ1n) is 9.10. The molecule has 0 N–H and O–H groups in total. The number of fused-ring (bicyclic) bond motifs is 1. The molecule has 0 bridgehead atoms. The van der Waals surface area contributed by atoms with Gasteiger partial charge in [-0.3, -0.25) is 10.1 Å². The van der Waals surface area contributed by atoms with Gasteiger partial charge in [-0.2, -0.15) is 0 Å². The third kappa shape index (κ3) is 3.68. The molecule has 0 aromatic heterocycles. The van der Waals surface area contributed by atoms with Crippen LogP contribution in [-0.2, 0) is 11.2 Å². The van der Waals surface area contributed by atoms with Crippen LogP contribution in [0, 0.1) is 21.6 Å². The lowest BCUT2D eigenvalue weighted by atomic mass is 9.98. The summed E-state index contributed by atoms with van der Waals surface area (Å²) in [5, 5.41) is 10.9. The van der Waals surface area contributed by atoms with Gasteiger partial charge in [0.2, 0.25) is 0 Å². The molecule has 5 nitrogen and oxygen atoms in total. The molecule has 0 radical (unpaired) electrons. The van der Waals surface area contributed by atoms with Gasteiger partial charge < -0.3 is 4.74 Å². The molecule has 0 saturated carbocycles. The summed E-state index contributed by atoms with van der Waals surface area (Å²) in [4.78, 5) is 22.7. The lowest BCUT2D eigenvalue weighted by molar-refractivity contribution is -0.384. The van der Waals surface area contributed by atoms with E-state index in [1.807, 2.05) is 0 Å². The van der Waals surface area contributed by atoms with Crippen LogP contribution < -0.4 is 0 Å². The van der Waals surface area contributed by atoms with E-state index in [-0.39, 0.29) is 11.3 Å². The Morgan fingerprint density at radius 2 is 1.73 bits per heavy atom. The highest BCUT2D eigenvalue weighted by molar-refractivity contribution is 6.90. The van der Waals surface area contributed by atoms with Crippen molar-refractivity contribution < 1.29 is 14.5 Å². The summed E-state index contributed by atoms with van der Waals surface area (Å²) < 4.78 is 5.47. The minimum atomic E-state index is -1.89. The molecule has 6 heteroatoms. The minimum Gasteiger partial charge on any atom is -0.445 e. The van der Waals surface area contributed by atoms with Crippen LogP contribution in [0.3, 0.4) is 0 Å². The standard InChI is InChI=1S/C20H27NO4Si/c1-13(2)26(14(3)4,15(5)6)10-9-18-11-16-7-8-17(21(23)24)12-19(16)20(22)25-18/h7-8,12-15,18H,11H2,1-6H3. The molecule has 1 unspecified atom stereocenters. The number of carbonyl (C=O) groups is 1. The number of nitro benzene ring substituents is 1. The lowest BCUT2D eigenvalue weighted by Gasteiger charge is -2.38. The number of nitrogens with zero attached hydrogens (tertiary/aromatic N) is 1. The van der Waals surface area contributed by atoms with Gasteiger partial charge in [-0.15, -0.1) is 5.54 Å². The van der Waals surface area contributed by atoms with E-state index in [1.54, 1.807) is 6.07 Å². The van der Waals surface area contributed by atoms with E-state index in [4.69, 9.17) is 4.74 Å². The van der Waals surface area contributed by atoms with Crippen molar-refractivity contribution in [2.45, 2.75) is 70.7 Å². The molecule has 0 amide bonds. The number of hydrogen-bond acceptors (Lipinski definition) is 4. The highest BCUT2D eigenvalue weighted by Gasteiger charge is 2.42. The molecule has 1 heterocycles. The van der Waals surface area contributed by atoms with Gasteiger partial charge in [0, 0.05) is 18.6 Å². The Kier molecular flexibility index (Phi) is 5.92. The highest BCUT2D eigenvalue weighted by Crippen LogP contribution is 2.40. The lowest BCUT2D eigenvalue weighted by Crippen LogP contribution is -2.43. The van der Waals surface area contributed by atoms with E-state index in [2.05, 4.69) is 53.0 Å². The average molecular weight is 374 g/mol. The normalized spacial score (nSPS) is 17.0. The Balaban J connectivity index is 2.35. The fraction of sp³-hybridized carbons (Fsp3) is 0.550. The van der Waals surface area contributed by atoms with Crippen LogP contribution in [0.15, 0.2) is 18.2 Å². The Bertz CT molecular complexity index is 752. The van der Waals surface area contributed by atoms with Gasteiger partial charge in [-0.1, -0.05) is 53.5 Å². The number of nitro groups is 1. The molecule has 1 aromatic carbocycles. The zero-order valence-corrected chi connectivity index (χ0v) is 17.3. The molecule has 26 heavy (non-hydrogen) atoms. The summed E-state index contributed by atoms with van der Waals surface area (Å²) in [7, 11) is -1.89. The van der Waals surface area contributed by atoms with Crippen LogP contribution >= 0.6 is 0 Å². The second-order valence-corrected chi connectivity index (χ2v) is 13.4. The van der Waals surface area contributed by atoms with Crippen LogP contribution in [0.4, 0.5) is 5.69 Å². The number of esters is 1. The van der Waals surface area contributed by atoms with Crippen molar-refractivity contribution in [1.82, 2.24) is 0 Å².